The number of nitrogens with zero attached hydrogens (tertiary/aromatic N) is 3. The number of benzene rings is 2. The zero-order valence-electron chi connectivity index (χ0n) is 17.0. The maximum Gasteiger partial charge on any atom is 0.253 e. The molecule has 0 bridgehead atoms. The van der Waals surface area contributed by atoms with Crippen LogP contribution in [0.5, 0.6) is 0 Å². The average Bonchev–Trinajstić information content (AvgIpc) is 2.75. The van der Waals surface area contributed by atoms with Gasteiger partial charge in [-0.1, -0.05) is 11.6 Å². The highest BCUT2D eigenvalue weighted by Crippen LogP contribution is 2.18. The number of piperidine rings is 1. The molecule has 2 aromatic carbocycles. The minimum absolute atomic E-state index is 0.00444. The monoisotopic (exact) mass is 422 g/mol. The normalized spacial score (nSPS) is 14.7. The molecule has 4 rings (SSSR count). The number of aryl methyl sites for hydroxylation is 2. The lowest BCUT2D eigenvalue weighted by molar-refractivity contribution is 0.0698. The Balaban J connectivity index is 1.37. The van der Waals surface area contributed by atoms with Gasteiger partial charge in [0.15, 0.2) is 0 Å². The van der Waals surface area contributed by atoms with Gasteiger partial charge in [0.1, 0.15) is 0 Å². The number of aromatic nitrogens is 2. The van der Waals surface area contributed by atoms with Crippen molar-refractivity contribution in [3.05, 3.63) is 70.0 Å². The number of hydrogen-bond acceptors (Lipinski definition) is 4. The molecule has 30 heavy (non-hydrogen) atoms. The lowest BCUT2D eigenvalue weighted by Gasteiger charge is -2.32. The third-order valence-electron chi connectivity index (χ3n) is 5.55. The average molecular weight is 423 g/mol. The molecule has 1 N–H and O–H groups in total. The van der Waals surface area contributed by atoms with Gasteiger partial charge in [-0.25, -0.2) is 9.97 Å². The van der Waals surface area contributed by atoms with Gasteiger partial charge < -0.3 is 10.2 Å². The number of halogens is 1. The molecule has 0 radical (unpaired) electrons. The highest BCUT2D eigenvalue weighted by molar-refractivity contribution is 6.30. The first kappa shape index (κ1) is 20.3. The Morgan fingerprint density at radius 1 is 0.933 bits per heavy atom. The van der Waals surface area contributed by atoms with Crippen molar-refractivity contribution in [2.24, 2.45) is 0 Å². The van der Waals surface area contributed by atoms with Crippen molar-refractivity contribution in [3.63, 3.8) is 0 Å². The quantitative estimate of drug-likeness (QED) is 0.693. The van der Waals surface area contributed by atoms with E-state index in [0.29, 0.717) is 34.8 Å². The number of carbonyl (C=O) groups is 2. The van der Waals surface area contributed by atoms with E-state index in [9.17, 15) is 9.59 Å². The predicted octanol–water partition coefficient (Wildman–Crippen LogP) is 3.93. The van der Waals surface area contributed by atoms with Gasteiger partial charge >= 0.3 is 0 Å². The summed E-state index contributed by atoms with van der Waals surface area (Å²) in [6, 6.07) is 12.3. The molecule has 2 amide bonds. The summed E-state index contributed by atoms with van der Waals surface area (Å²) in [5.74, 6) is -0.130. The zero-order chi connectivity index (χ0) is 21.3. The van der Waals surface area contributed by atoms with Crippen molar-refractivity contribution in [3.8, 4) is 0 Å². The molecule has 1 aliphatic heterocycles. The molecule has 1 fully saturated rings. The van der Waals surface area contributed by atoms with E-state index in [1.165, 1.54) is 0 Å². The fourth-order valence-corrected chi connectivity index (χ4v) is 3.77. The smallest absolute Gasteiger partial charge is 0.253 e. The van der Waals surface area contributed by atoms with E-state index in [2.05, 4.69) is 15.3 Å². The summed E-state index contributed by atoms with van der Waals surface area (Å²) >= 11 is 5.89. The van der Waals surface area contributed by atoms with E-state index in [0.717, 1.165) is 29.7 Å². The van der Waals surface area contributed by atoms with E-state index in [1.807, 2.05) is 24.8 Å². The van der Waals surface area contributed by atoms with Crippen LogP contribution in [-0.2, 0) is 0 Å². The molecule has 0 saturated carbocycles. The molecule has 1 saturated heterocycles. The number of rotatable bonds is 3. The number of likely N-dealkylation sites (tertiary alicyclic amines) is 1. The fraction of sp³-hybridized carbons (Fsp3) is 0.304. The molecule has 0 spiro atoms. The van der Waals surface area contributed by atoms with Crippen LogP contribution in [0.15, 0.2) is 42.5 Å². The van der Waals surface area contributed by atoms with Gasteiger partial charge in [0.25, 0.3) is 11.8 Å². The van der Waals surface area contributed by atoms with Gasteiger partial charge in [0.2, 0.25) is 0 Å². The maximum atomic E-state index is 12.7. The van der Waals surface area contributed by atoms with Crippen molar-refractivity contribution in [1.29, 1.82) is 0 Å². The molecule has 7 heteroatoms. The highest BCUT2D eigenvalue weighted by atomic mass is 35.5. The minimum atomic E-state index is -0.126. The van der Waals surface area contributed by atoms with Crippen LogP contribution >= 0.6 is 11.6 Å². The summed E-state index contributed by atoms with van der Waals surface area (Å²) in [5.41, 5.74) is 4.44. The highest BCUT2D eigenvalue weighted by Gasteiger charge is 2.25. The van der Waals surface area contributed by atoms with Gasteiger partial charge in [-0.2, -0.15) is 0 Å². The lowest BCUT2D eigenvalue weighted by atomic mass is 10.0. The van der Waals surface area contributed by atoms with E-state index < -0.39 is 0 Å². The van der Waals surface area contributed by atoms with Crippen LogP contribution in [0.2, 0.25) is 5.02 Å². The Morgan fingerprint density at radius 2 is 1.53 bits per heavy atom. The van der Waals surface area contributed by atoms with Crippen LogP contribution in [0, 0.1) is 13.8 Å². The van der Waals surface area contributed by atoms with Gasteiger partial charge in [-0.15, -0.1) is 0 Å². The molecule has 6 nitrogen and oxygen atoms in total. The maximum absolute atomic E-state index is 12.7. The largest absolute Gasteiger partial charge is 0.349 e. The summed E-state index contributed by atoms with van der Waals surface area (Å²) in [4.78, 5) is 36.2. The van der Waals surface area contributed by atoms with Crippen LogP contribution in [0.3, 0.4) is 0 Å². The first-order valence-corrected chi connectivity index (χ1v) is 10.4. The molecular formula is C23H23ClN4O2. The molecule has 0 aliphatic carbocycles. The number of amides is 2. The van der Waals surface area contributed by atoms with E-state index in [1.54, 1.807) is 36.4 Å². The predicted molar refractivity (Wildman–Crippen MR) is 117 cm³/mol. The van der Waals surface area contributed by atoms with Crippen molar-refractivity contribution < 1.29 is 9.59 Å². The molecule has 1 aromatic heterocycles. The molecular weight excluding hydrogens is 400 g/mol. The van der Waals surface area contributed by atoms with Gasteiger partial charge in [0.05, 0.1) is 22.4 Å². The minimum Gasteiger partial charge on any atom is -0.349 e. The van der Waals surface area contributed by atoms with Crippen molar-refractivity contribution in [2.45, 2.75) is 32.7 Å². The first-order valence-electron chi connectivity index (χ1n) is 10.0. The molecule has 1 aliphatic rings. The Bertz CT molecular complexity index is 1110. The summed E-state index contributed by atoms with van der Waals surface area (Å²) in [7, 11) is 0. The molecule has 0 unspecified atom stereocenters. The van der Waals surface area contributed by atoms with E-state index >= 15 is 0 Å². The standard InChI is InChI=1S/C23H23ClN4O2/c1-14-15(2)26-21-13-17(5-8-20(21)25-14)22(29)27-19-9-11-28(12-10-19)23(30)16-3-6-18(24)7-4-16/h3-8,13,19H,9-12H2,1-2H3,(H,27,29). The number of carbonyl (C=O) groups excluding carboxylic acids is 2. The second-order valence-corrected chi connectivity index (χ2v) is 8.08. The third kappa shape index (κ3) is 4.28. The third-order valence-corrected chi connectivity index (χ3v) is 5.80. The van der Waals surface area contributed by atoms with Crippen LogP contribution in [0.1, 0.15) is 44.9 Å². The Hall–Kier alpha value is -2.99. The Kier molecular flexibility index (Phi) is 5.68. The van der Waals surface area contributed by atoms with Crippen LogP contribution in [0.25, 0.3) is 11.0 Å². The second-order valence-electron chi connectivity index (χ2n) is 7.64. The lowest BCUT2D eigenvalue weighted by Crippen LogP contribution is -2.46. The van der Waals surface area contributed by atoms with Gasteiger partial charge in [0, 0.05) is 35.3 Å². The van der Waals surface area contributed by atoms with Gasteiger partial charge in [-0.05, 0) is 69.2 Å². The topological polar surface area (TPSA) is 75.2 Å². The summed E-state index contributed by atoms with van der Waals surface area (Å²) < 4.78 is 0. The van der Waals surface area contributed by atoms with E-state index in [-0.39, 0.29) is 17.9 Å². The number of nitrogens with one attached hydrogen (secondary N) is 1. The second kappa shape index (κ2) is 8.40. The zero-order valence-corrected chi connectivity index (χ0v) is 17.7. The van der Waals surface area contributed by atoms with Crippen molar-refractivity contribution in [1.82, 2.24) is 20.2 Å². The Labute approximate surface area is 180 Å². The van der Waals surface area contributed by atoms with Crippen molar-refractivity contribution in [2.75, 3.05) is 13.1 Å². The molecule has 154 valence electrons. The Morgan fingerprint density at radius 3 is 2.20 bits per heavy atom. The number of hydrogen-bond donors (Lipinski definition) is 1. The van der Waals surface area contributed by atoms with Crippen LogP contribution in [0.4, 0.5) is 0 Å². The van der Waals surface area contributed by atoms with E-state index in [4.69, 9.17) is 11.6 Å². The van der Waals surface area contributed by atoms with Gasteiger partial charge in [-0.3, -0.25) is 9.59 Å². The summed E-state index contributed by atoms with van der Waals surface area (Å²) in [6.45, 7) is 5.04. The fourth-order valence-electron chi connectivity index (χ4n) is 3.64. The summed E-state index contributed by atoms with van der Waals surface area (Å²) in [5, 5.41) is 3.70. The molecule has 2 heterocycles. The first-order chi connectivity index (χ1) is 14.4. The van der Waals surface area contributed by atoms with Crippen LogP contribution in [-0.4, -0.2) is 45.8 Å². The number of fused-ring (bicyclic) bond motifs is 1. The molecule has 3 aromatic rings. The van der Waals surface area contributed by atoms with Crippen LogP contribution < -0.4 is 5.32 Å². The SMILES string of the molecule is Cc1nc2ccc(C(=O)NC3CCN(C(=O)c4ccc(Cl)cc4)CC3)cc2nc1C. The molecule has 0 atom stereocenters. The van der Waals surface area contributed by atoms with Crippen molar-refractivity contribution >= 4 is 34.4 Å². The summed E-state index contributed by atoms with van der Waals surface area (Å²) in [6.07, 6.45) is 1.44.